The van der Waals surface area contributed by atoms with E-state index < -0.39 is 15.8 Å². The summed E-state index contributed by atoms with van der Waals surface area (Å²) in [6.45, 7) is 0.482. The van der Waals surface area contributed by atoms with Crippen LogP contribution in [0.2, 0.25) is 0 Å². The van der Waals surface area contributed by atoms with Gasteiger partial charge < -0.3 is 0 Å². The Morgan fingerprint density at radius 1 is 1.07 bits per heavy atom. The summed E-state index contributed by atoms with van der Waals surface area (Å²) < 4.78 is 42.6. The second-order valence-electron chi connectivity index (χ2n) is 6.86. The Kier molecular flexibility index (Phi) is 5.23. The summed E-state index contributed by atoms with van der Waals surface area (Å²) in [5.74, 6) is 0.356. The highest BCUT2D eigenvalue weighted by Crippen LogP contribution is 2.29. The van der Waals surface area contributed by atoms with Gasteiger partial charge in [-0.2, -0.15) is 4.31 Å². The van der Waals surface area contributed by atoms with Crippen LogP contribution in [-0.2, 0) is 16.4 Å². The Morgan fingerprint density at radius 3 is 2.57 bits per heavy atom. The average molecular weight is 400 g/mol. The van der Waals surface area contributed by atoms with Crippen LogP contribution in [-0.4, -0.2) is 40.1 Å². The zero-order valence-electron chi connectivity index (χ0n) is 15.3. The van der Waals surface area contributed by atoms with E-state index in [0.29, 0.717) is 19.4 Å². The quantitative estimate of drug-likeness (QED) is 0.637. The van der Waals surface area contributed by atoms with Crippen molar-refractivity contribution in [3.63, 3.8) is 0 Å². The van der Waals surface area contributed by atoms with E-state index >= 15 is 0 Å². The van der Waals surface area contributed by atoms with Crippen LogP contribution < -0.4 is 0 Å². The Balaban J connectivity index is 1.50. The fraction of sp³-hybridized carbons (Fsp3) is 0.300. The maximum absolute atomic E-state index is 13.2. The van der Waals surface area contributed by atoms with Crippen molar-refractivity contribution in [1.82, 2.24) is 19.1 Å². The number of benzene rings is 2. The van der Waals surface area contributed by atoms with Crippen LogP contribution in [0.25, 0.3) is 5.69 Å². The number of hydrogen-bond acceptors (Lipinski definition) is 4. The van der Waals surface area contributed by atoms with Crippen molar-refractivity contribution in [2.45, 2.75) is 36.6 Å². The zero-order chi connectivity index (χ0) is 19.6. The molecule has 4 rings (SSSR count). The molecule has 8 heteroatoms. The Labute approximate surface area is 163 Å². The molecule has 0 spiro atoms. The van der Waals surface area contributed by atoms with E-state index in [0.717, 1.165) is 24.4 Å². The van der Waals surface area contributed by atoms with Gasteiger partial charge in [-0.05, 0) is 55.7 Å². The van der Waals surface area contributed by atoms with Crippen molar-refractivity contribution in [3.8, 4) is 5.69 Å². The van der Waals surface area contributed by atoms with Crippen LogP contribution in [0.1, 0.15) is 25.1 Å². The third-order valence-electron chi connectivity index (χ3n) is 5.10. The number of halogens is 1. The Hall–Kier alpha value is -2.58. The first-order chi connectivity index (χ1) is 13.6. The summed E-state index contributed by atoms with van der Waals surface area (Å²) >= 11 is 0. The zero-order valence-corrected chi connectivity index (χ0v) is 16.1. The molecule has 3 aromatic rings. The number of nitrogens with zero attached hydrogens (tertiary/aromatic N) is 4. The SMILES string of the molecule is O=S(=O)(c1ccc(F)cc1)N1CCCC1CCc1nncn1-c1ccccc1. The Morgan fingerprint density at radius 2 is 1.82 bits per heavy atom. The van der Waals surface area contributed by atoms with Crippen LogP contribution in [0.5, 0.6) is 0 Å². The molecule has 0 amide bonds. The lowest BCUT2D eigenvalue weighted by Crippen LogP contribution is -2.36. The normalized spacial score (nSPS) is 17.8. The first-order valence-corrected chi connectivity index (χ1v) is 10.7. The smallest absolute Gasteiger partial charge is 0.243 e. The third-order valence-corrected chi connectivity index (χ3v) is 7.06. The van der Waals surface area contributed by atoms with Gasteiger partial charge in [0.2, 0.25) is 10.0 Å². The molecule has 1 atom stereocenters. The molecule has 1 aliphatic heterocycles. The van der Waals surface area contributed by atoms with Gasteiger partial charge in [0.25, 0.3) is 0 Å². The molecule has 6 nitrogen and oxygen atoms in total. The second-order valence-corrected chi connectivity index (χ2v) is 8.75. The lowest BCUT2D eigenvalue weighted by molar-refractivity contribution is 0.368. The van der Waals surface area contributed by atoms with E-state index in [2.05, 4.69) is 10.2 Å². The van der Waals surface area contributed by atoms with Crippen LogP contribution in [0.15, 0.2) is 65.8 Å². The van der Waals surface area contributed by atoms with Crippen molar-refractivity contribution < 1.29 is 12.8 Å². The molecular weight excluding hydrogens is 379 g/mol. The molecule has 146 valence electrons. The molecule has 1 fully saturated rings. The summed E-state index contributed by atoms with van der Waals surface area (Å²) in [6.07, 6.45) is 4.57. The average Bonchev–Trinajstić information content (AvgIpc) is 3.37. The van der Waals surface area contributed by atoms with Crippen molar-refractivity contribution in [2.24, 2.45) is 0 Å². The standard InChI is InChI=1S/C20H21FN4O2S/c21-16-8-11-19(12-9-16)28(26,27)25-14-4-7-18(25)10-13-20-23-22-15-24(20)17-5-2-1-3-6-17/h1-3,5-6,8-9,11-12,15,18H,4,7,10,13-14H2. The van der Waals surface area contributed by atoms with Gasteiger partial charge in [-0.1, -0.05) is 18.2 Å². The molecule has 0 saturated carbocycles. The van der Waals surface area contributed by atoms with Gasteiger partial charge in [-0.15, -0.1) is 10.2 Å². The molecule has 0 radical (unpaired) electrons. The van der Waals surface area contributed by atoms with Gasteiger partial charge in [0.05, 0.1) is 4.90 Å². The highest BCUT2D eigenvalue weighted by atomic mass is 32.2. The lowest BCUT2D eigenvalue weighted by atomic mass is 10.1. The number of sulfonamides is 1. The molecule has 28 heavy (non-hydrogen) atoms. The van der Waals surface area contributed by atoms with Crippen molar-refractivity contribution in [1.29, 1.82) is 0 Å². The van der Waals surface area contributed by atoms with E-state index in [4.69, 9.17) is 0 Å². The molecule has 0 bridgehead atoms. The highest BCUT2D eigenvalue weighted by molar-refractivity contribution is 7.89. The molecule has 1 aliphatic rings. The van der Waals surface area contributed by atoms with Gasteiger partial charge >= 0.3 is 0 Å². The minimum Gasteiger partial charge on any atom is -0.286 e. The van der Waals surface area contributed by atoms with E-state index in [1.54, 1.807) is 10.6 Å². The Bertz CT molecular complexity index is 1040. The molecular formula is C20H21FN4O2S. The number of hydrogen-bond donors (Lipinski definition) is 0. The minimum absolute atomic E-state index is 0.101. The summed E-state index contributed by atoms with van der Waals surface area (Å²) in [7, 11) is -3.63. The minimum atomic E-state index is -3.63. The van der Waals surface area contributed by atoms with Crippen molar-refractivity contribution in [2.75, 3.05) is 6.54 Å². The third kappa shape index (κ3) is 3.70. The van der Waals surface area contributed by atoms with Gasteiger partial charge in [0.15, 0.2) is 0 Å². The fourth-order valence-corrected chi connectivity index (χ4v) is 5.41. The van der Waals surface area contributed by atoms with Gasteiger partial charge in [-0.25, -0.2) is 12.8 Å². The van der Waals surface area contributed by atoms with E-state index in [1.807, 2.05) is 34.9 Å². The van der Waals surface area contributed by atoms with Gasteiger partial charge in [-0.3, -0.25) is 4.57 Å². The van der Waals surface area contributed by atoms with Gasteiger partial charge in [0, 0.05) is 24.7 Å². The molecule has 0 aliphatic carbocycles. The summed E-state index contributed by atoms with van der Waals surface area (Å²) in [5, 5.41) is 8.22. The van der Waals surface area contributed by atoms with Crippen LogP contribution in [0.3, 0.4) is 0 Å². The molecule has 1 saturated heterocycles. The van der Waals surface area contributed by atoms with Crippen molar-refractivity contribution in [3.05, 3.63) is 72.6 Å². The van der Waals surface area contributed by atoms with Crippen LogP contribution in [0, 0.1) is 5.82 Å². The topological polar surface area (TPSA) is 68.1 Å². The predicted molar refractivity (Wildman–Crippen MR) is 103 cm³/mol. The number of aryl methyl sites for hydroxylation is 1. The van der Waals surface area contributed by atoms with Gasteiger partial charge in [0.1, 0.15) is 18.0 Å². The summed E-state index contributed by atoms with van der Waals surface area (Å²) in [4.78, 5) is 0.133. The second kappa shape index (κ2) is 7.81. The lowest BCUT2D eigenvalue weighted by Gasteiger charge is -2.24. The maximum Gasteiger partial charge on any atom is 0.243 e. The van der Waals surface area contributed by atoms with Crippen molar-refractivity contribution >= 4 is 10.0 Å². The molecule has 1 unspecified atom stereocenters. The van der Waals surface area contributed by atoms with E-state index in [1.165, 1.54) is 24.3 Å². The molecule has 2 heterocycles. The number of para-hydroxylation sites is 1. The number of aromatic nitrogens is 3. The highest BCUT2D eigenvalue weighted by Gasteiger charge is 2.35. The molecule has 0 N–H and O–H groups in total. The molecule has 2 aromatic carbocycles. The predicted octanol–water partition coefficient (Wildman–Crippen LogP) is 3.19. The number of rotatable bonds is 6. The maximum atomic E-state index is 13.2. The van der Waals surface area contributed by atoms with Crippen LogP contribution in [0.4, 0.5) is 4.39 Å². The van der Waals surface area contributed by atoms with Crippen LogP contribution >= 0.6 is 0 Å². The van der Waals surface area contributed by atoms with E-state index in [9.17, 15) is 12.8 Å². The van der Waals surface area contributed by atoms with E-state index in [-0.39, 0.29) is 10.9 Å². The first kappa shape index (κ1) is 18.8. The largest absolute Gasteiger partial charge is 0.286 e. The summed E-state index contributed by atoms with van der Waals surface area (Å²) in [6, 6.07) is 14.7. The summed E-state index contributed by atoms with van der Waals surface area (Å²) in [5.41, 5.74) is 0.977. The molecule has 1 aromatic heterocycles. The monoisotopic (exact) mass is 400 g/mol. The first-order valence-electron chi connectivity index (χ1n) is 9.27. The fourth-order valence-electron chi connectivity index (χ4n) is 3.69.